The quantitative estimate of drug-likeness (QED) is 0.308. The van der Waals surface area contributed by atoms with E-state index in [-0.39, 0.29) is 5.65 Å². The Morgan fingerprint density at radius 2 is 2.00 bits per heavy atom. The molecule has 38 heavy (non-hydrogen) atoms. The lowest BCUT2D eigenvalue weighted by Gasteiger charge is -2.20. The van der Waals surface area contributed by atoms with Crippen molar-refractivity contribution in [2.75, 3.05) is 11.9 Å². The summed E-state index contributed by atoms with van der Waals surface area (Å²) in [5, 5.41) is 24.2. The Kier molecular flexibility index (Phi) is 7.54. The molecule has 0 bridgehead atoms. The van der Waals surface area contributed by atoms with Crippen LogP contribution in [0.25, 0.3) is 11.2 Å². The highest BCUT2D eigenvalue weighted by molar-refractivity contribution is 7.85. The van der Waals surface area contributed by atoms with Crippen molar-refractivity contribution >= 4 is 39.1 Å². The standard InChI is InChI=1S/C23H26N6O8S/c1-5-13-7-6-8-14(9-13)27-19-16-20(25-11-24-19)29(12-26-16)21-18(31)17(30)15(36-21)10-35-38(33,34)28-22(32)37-23(2,3)4/h1,6-9,11-12,15,17-18,21,30-31H,10H2,2-4H3,(H,28,32)(H,24,25,27)/t15-,17-,18-,21-/m1/s1. The van der Waals surface area contributed by atoms with Crippen molar-refractivity contribution in [3.8, 4) is 12.3 Å². The van der Waals surface area contributed by atoms with Gasteiger partial charge in [0, 0.05) is 11.3 Å². The van der Waals surface area contributed by atoms with E-state index in [1.807, 2.05) is 0 Å². The zero-order valence-electron chi connectivity index (χ0n) is 20.6. The molecule has 4 N–H and O–H groups in total. The van der Waals surface area contributed by atoms with Gasteiger partial charge in [0.05, 0.1) is 12.9 Å². The molecule has 4 rings (SSSR count). The summed E-state index contributed by atoms with van der Waals surface area (Å²) in [6, 6.07) is 7.10. The third-order valence-corrected chi connectivity index (χ3v) is 6.12. The SMILES string of the molecule is C#Cc1cccc(Nc2ncnc3c2ncn3[C@@H]2O[C@H](COS(=O)(=O)NC(=O)OC(C)(C)C)[C@@H](O)[C@H]2O)c1. The fraction of sp³-hybridized carbons (Fsp3) is 0.391. The van der Waals surface area contributed by atoms with Crippen LogP contribution < -0.4 is 10.0 Å². The largest absolute Gasteiger partial charge is 0.443 e. The van der Waals surface area contributed by atoms with Crippen LogP contribution in [0.3, 0.4) is 0 Å². The molecule has 1 fully saturated rings. The number of hydrogen-bond donors (Lipinski definition) is 4. The molecule has 0 saturated carbocycles. The number of carbonyl (C=O) groups excluding carboxylic acids is 1. The normalized spacial score (nSPS) is 21.7. The number of aliphatic hydroxyl groups excluding tert-OH is 2. The van der Waals surface area contributed by atoms with Crippen molar-refractivity contribution in [1.82, 2.24) is 24.2 Å². The number of imidazole rings is 1. The van der Waals surface area contributed by atoms with Crippen LogP contribution in [0.5, 0.6) is 0 Å². The minimum absolute atomic E-state index is 0.271. The van der Waals surface area contributed by atoms with Crippen molar-refractivity contribution in [3.05, 3.63) is 42.5 Å². The Morgan fingerprint density at radius 3 is 2.71 bits per heavy atom. The fourth-order valence-electron chi connectivity index (χ4n) is 3.64. The third kappa shape index (κ3) is 6.18. The molecule has 4 atom stereocenters. The first-order chi connectivity index (χ1) is 17.9. The van der Waals surface area contributed by atoms with Gasteiger partial charge in [-0.2, -0.15) is 13.1 Å². The molecule has 1 aliphatic rings. The number of anilines is 2. The van der Waals surface area contributed by atoms with Crippen LogP contribution in [0.4, 0.5) is 16.3 Å². The zero-order chi connectivity index (χ0) is 27.7. The number of rotatable bonds is 7. The summed E-state index contributed by atoms with van der Waals surface area (Å²) in [5.41, 5.74) is 1.01. The number of terminal acetylenes is 1. The van der Waals surface area contributed by atoms with Crippen LogP contribution in [0.15, 0.2) is 36.9 Å². The topological polar surface area (TPSA) is 187 Å². The Hall–Kier alpha value is -3.81. The molecular weight excluding hydrogens is 520 g/mol. The summed E-state index contributed by atoms with van der Waals surface area (Å²) in [5.74, 6) is 2.90. The van der Waals surface area contributed by atoms with Gasteiger partial charge in [0.15, 0.2) is 23.2 Å². The van der Waals surface area contributed by atoms with E-state index in [2.05, 4.69) is 26.2 Å². The summed E-state index contributed by atoms with van der Waals surface area (Å²) in [7, 11) is -4.59. The van der Waals surface area contributed by atoms with Crippen molar-refractivity contribution < 1.29 is 37.1 Å². The average molecular weight is 547 g/mol. The number of nitrogens with zero attached hydrogens (tertiary/aromatic N) is 4. The van der Waals surface area contributed by atoms with Gasteiger partial charge in [-0.25, -0.2) is 19.7 Å². The van der Waals surface area contributed by atoms with E-state index in [0.717, 1.165) is 0 Å². The predicted molar refractivity (Wildman–Crippen MR) is 133 cm³/mol. The van der Waals surface area contributed by atoms with Crippen LogP contribution >= 0.6 is 0 Å². The van der Waals surface area contributed by atoms with E-state index in [1.165, 1.54) is 17.2 Å². The van der Waals surface area contributed by atoms with E-state index in [4.69, 9.17) is 20.1 Å². The van der Waals surface area contributed by atoms with E-state index in [1.54, 1.807) is 49.8 Å². The number of hydrogen-bond acceptors (Lipinski definition) is 12. The lowest BCUT2D eigenvalue weighted by molar-refractivity contribution is -0.0469. The summed E-state index contributed by atoms with van der Waals surface area (Å²) in [6.07, 6.45) is 1.38. The number of amides is 1. The number of benzene rings is 1. The molecule has 1 amide bonds. The molecule has 0 spiro atoms. The predicted octanol–water partition coefficient (Wildman–Crippen LogP) is 0.956. The number of carbonyl (C=O) groups is 1. The van der Waals surface area contributed by atoms with Gasteiger partial charge in [0.25, 0.3) is 0 Å². The molecule has 3 aromatic rings. The van der Waals surface area contributed by atoms with Gasteiger partial charge in [-0.3, -0.25) is 8.75 Å². The second-order valence-electron chi connectivity index (χ2n) is 9.29. The summed E-state index contributed by atoms with van der Waals surface area (Å²) >= 11 is 0. The first-order valence-electron chi connectivity index (χ1n) is 11.3. The molecule has 3 heterocycles. The van der Waals surface area contributed by atoms with E-state index >= 15 is 0 Å². The van der Waals surface area contributed by atoms with Crippen molar-refractivity contribution in [1.29, 1.82) is 0 Å². The van der Waals surface area contributed by atoms with Crippen LogP contribution in [0.2, 0.25) is 0 Å². The number of ether oxygens (including phenoxy) is 2. The van der Waals surface area contributed by atoms with Crippen LogP contribution in [0.1, 0.15) is 32.6 Å². The van der Waals surface area contributed by atoms with E-state index < -0.39 is 53.1 Å². The van der Waals surface area contributed by atoms with Crippen molar-refractivity contribution in [2.24, 2.45) is 0 Å². The van der Waals surface area contributed by atoms with Crippen LogP contribution in [0, 0.1) is 12.3 Å². The number of aliphatic hydroxyl groups is 2. The maximum absolute atomic E-state index is 12.1. The second-order valence-corrected chi connectivity index (χ2v) is 10.6. The molecule has 0 unspecified atom stereocenters. The molecule has 202 valence electrons. The molecule has 2 aromatic heterocycles. The van der Waals surface area contributed by atoms with Crippen LogP contribution in [-0.4, -0.2) is 74.8 Å². The van der Waals surface area contributed by atoms with E-state index in [0.29, 0.717) is 22.6 Å². The van der Waals surface area contributed by atoms with Gasteiger partial charge in [-0.05, 0) is 39.0 Å². The van der Waals surface area contributed by atoms with Gasteiger partial charge >= 0.3 is 16.4 Å². The van der Waals surface area contributed by atoms with Crippen molar-refractivity contribution in [2.45, 2.75) is 50.9 Å². The smallest absolute Gasteiger partial charge is 0.423 e. The summed E-state index contributed by atoms with van der Waals surface area (Å²) in [6.45, 7) is 3.98. The first-order valence-corrected chi connectivity index (χ1v) is 12.7. The van der Waals surface area contributed by atoms with E-state index in [9.17, 15) is 23.4 Å². The molecule has 0 aliphatic carbocycles. The monoisotopic (exact) mass is 546 g/mol. The van der Waals surface area contributed by atoms with Gasteiger partial charge in [-0.15, -0.1) is 6.42 Å². The molecule has 15 heteroatoms. The Labute approximate surface area is 218 Å². The first kappa shape index (κ1) is 27.2. The number of aromatic nitrogens is 4. The molecular formula is C23H26N6O8S. The Bertz CT molecular complexity index is 1480. The highest BCUT2D eigenvalue weighted by Crippen LogP contribution is 2.33. The highest BCUT2D eigenvalue weighted by Gasteiger charge is 2.45. The lowest BCUT2D eigenvalue weighted by Crippen LogP contribution is -2.39. The zero-order valence-corrected chi connectivity index (χ0v) is 21.4. The van der Waals surface area contributed by atoms with Gasteiger partial charge in [0.2, 0.25) is 0 Å². The fourth-order valence-corrected chi connectivity index (χ4v) is 4.25. The number of fused-ring (bicyclic) bond motifs is 1. The lowest BCUT2D eigenvalue weighted by atomic mass is 10.1. The molecule has 1 aliphatic heterocycles. The van der Waals surface area contributed by atoms with Gasteiger partial charge in [-0.1, -0.05) is 12.0 Å². The Balaban J connectivity index is 1.47. The minimum atomic E-state index is -4.59. The van der Waals surface area contributed by atoms with Gasteiger partial charge in [0.1, 0.15) is 30.2 Å². The maximum atomic E-state index is 12.1. The van der Waals surface area contributed by atoms with Crippen molar-refractivity contribution in [3.63, 3.8) is 0 Å². The second kappa shape index (κ2) is 10.5. The minimum Gasteiger partial charge on any atom is -0.443 e. The maximum Gasteiger partial charge on any atom is 0.423 e. The van der Waals surface area contributed by atoms with Gasteiger partial charge < -0.3 is 25.0 Å². The summed E-state index contributed by atoms with van der Waals surface area (Å²) < 4.78 is 42.5. The molecule has 0 radical (unpaired) electrons. The molecule has 1 saturated heterocycles. The third-order valence-electron chi connectivity index (χ3n) is 5.26. The average Bonchev–Trinajstić information content (AvgIpc) is 3.38. The molecule has 14 nitrogen and oxygen atoms in total. The summed E-state index contributed by atoms with van der Waals surface area (Å²) in [4.78, 5) is 24.5. The highest BCUT2D eigenvalue weighted by atomic mass is 32.2. The molecule has 1 aromatic carbocycles. The Morgan fingerprint density at radius 1 is 1.24 bits per heavy atom. The number of nitrogens with one attached hydrogen (secondary N) is 2. The van der Waals surface area contributed by atoms with Crippen LogP contribution in [-0.2, 0) is 24.0 Å².